The first kappa shape index (κ1) is 81.3. The molecule has 6 nitrogen and oxygen atoms in total. The average Bonchev–Trinajstić information content (AvgIpc) is 3.49. The minimum Gasteiger partial charge on any atom is -0.466 e. The lowest BCUT2D eigenvalue weighted by atomic mass is 10.0. The topological polar surface area (TPSA) is 95.9 Å². The molecule has 0 fully saturated rings. The van der Waals surface area contributed by atoms with Crippen molar-refractivity contribution in [3.63, 3.8) is 0 Å². The lowest BCUT2D eigenvalue weighted by Crippen LogP contribution is -2.45. The van der Waals surface area contributed by atoms with Gasteiger partial charge in [-0.1, -0.05) is 385 Å². The molecule has 0 heterocycles. The lowest BCUT2D eigenvalue weighted by Gasteiger charge is -2.22. The van der Waals surface area contributed by atoms with Gasteiger partial charge in [0.15, 0.2) is 0 Å². The molecule has 0 saturated carbocycles. The van der Waals surface area contributed by atoms with Crippen LogP contribution in [0.15, 0.2) is 24.3 Å². The van der Waals surface area contributed by atoms with E-state index in [1.807, 2.05) is 0 Å². The minimum atomic E-state index is -0.661. The molecule has 0 bridgehead atoms. The van der Waals surface area contributed by atoms with E-state index in [0.717, 1.165) is 44.9 Å². The summed E-state index contributed by atoms with van der Waals surface area (Å²) in [5, 5.41) is 23.3. The second kappa shape index (κ2) is 72.8. The highest BCUT2D eigenvalue weighted by Crippen LogP contribution is 2.20. The van der Waals surface area contributed by atoms with Crippen LogP contribution in [0.3, 0.4) is 0 Å². The van der Waals surface area contributed by atoms with Crippen molar-refractivity contribution in [2.75, 3.05) is 13.2 Å². The number of aliphatic hydroxyl groups is 2. The van der Waals surface area contributed by atoms with Gasteiger partial charge in [0.1, 0.15) is 0 Å². The molecule has 0 saturated heterocycles. The summed E-state index contributed by atoms with van der Waals surface area (Å²) in [6.45, 7) is 4.99. The number of amides is 1. The third-order valence-electron chi connectivity index (χ3n) is 18.0. The Morgan fingerprint density at radius 3 is 0.916 bits per heavy atom. The van der Waals surface area contributed by atoms with Crippen LogP contribution in [0.5, 0.6) is 0 Å². The van der Waals surface area contributed by atoms with Crippen LogP contribution in [0.2, 0.25) is 0 Å². The number of carbonyl (C=O) groups is 2. The SMILES string of the molecule is CCCCCCCCCCCCCCCCCCC(=O)OCCCCCCCCCCCCCCC/C=C\C/C=C\CCCCCCCCCCCCCCCCCCCC(=O)NC(CO)C(O)CCCCCCCCCCCCCCC. The molecule has 1 amide bonds. The Morgan fingerprint density at radius 1 is 0.337 bits per heavy atom. The number of rotatable bonds is 72. The summed E-state index contributed by atoms with van der Waals surface area (Å²) < 4.78 is 5.51. The summed E-state index contributed by atoms with van der Waals surface area (Å²) in [7, 11) is 0. The summed E-state index contributed by atoms with van der Waals surface area (Å²) in [6, 6.07) is -0.538. The van der Waals surface area contributed by atoms with Gasteiger partial charge in [0.25, 0.3) is 0 Å². The van der Waals surface area contributed by atoms with E-state index in [0.29, 0.717) is 25.9 Å². The predicted octanol–water partition coefficient (Wildman–Crippen LogP) is 24.9. The minimum absolute atomic E-state index is 0.0230. The van der Waals surface area contributed by atoms with Gasteiger partial charge in [-0.15, -0.1) is 0 Å². The Hall–Kier alpha value is -1.66. The van der Waals surface area contributed by atoms with Crippen molar-refractivity contribution < 1.29 is 24.5 Å². The maximum atomic E-state index is 12.5. The van der Waals surface area contributed by atoms with Gasteiger partial charge in [0, 0.05) is 12.8 Å². The molecule has 0 aromatic carbocycles. The van der Waals surface area contributed by atoms with Gasteiger partial charge in [-0.05, 0) is 57.8 Å². The summed E-state index contributed by atoms with van der Waals surface area (Å²) in [5.41, 5.74) is 0. The zero-order valence-corrected chi connectivity index (χ0v) is 56.5. The molecule has 0 aromatic rings. The number of aliphatic hydroxyl groups excluding tert-OH is 2. The Bertz CT molecular complexity index is 1300. The molecule has 2 atom stereocenters. The maximum Gasteiger partial charge on any atom is 0.305 e. The molecule has 6 heteroatoms. The highest BCUT2D eigenvalue weighted by molar-refractivity contribution is 5.76. The van der Waals surface area contributed by atoms with E-state index >= 15 is 0 Å². The summed E-state index contributed by atoms with van der Waals surface area (Å²) >= 11 is 0. The first-order chi connectivity index (χ1) is 41.0. The van der Waals surface area contributed by atoms with Crippen molar-refractivity contribution in [1.82, 2.24) is 5.32 Å². The number of ether oxygens (including phenoxy) is 1. The van der Waals surface area contributed by atoms with Crippen molar-refractivity contribution in [3.8, 4) is 0 Å². The molecule has 0 rings (SSSR count). The largest absolute Gasteiger partial charge is 0.466 e. The van der Waals surface area contributed by atoms with Crippen LogP contribution >= 0.6 is 0 Å². The molecule has 0 aromatic heterocycles. The molecular weight excluding hydrogens is 1020 g/mol. The van der Waals surface area contributed by atoms with Gasteiger partial charge in [-0.2, -0.15) is 0 Å². The van der Waals surface area contributed by atoms with Crippen LogP contribution in [-0.2, 0) is 14.3 Å². The van der Waals surface area contributed by atoms with Gasteiger partial charge in [0.05, 0.1) is 25.4 Å². The lowest BCUT2D eigenvalue weighted by molar-refractivity contribution is -0.143. The molecule has 0 spiro atoms. The van der Waals surface area contributed by atoms with Crippen molar-refractivity contribution in [3.05, 3.63) is 24.3 Å². The third kappa shape index (κ3) is 69.3. The van der Waals surface area contributed by atoms with Crippen molar-refractivity contribution in [2.24, 2.45) is 0 Å². The van der Waals surface area contributed by atoms with Crippen LogP contribution in [-0.4, -0.2) is 47.4 Å². The van der Waals surface area contributed by atoms with E-state index in [-0.39, 0.29) is 18.5 Å². The molecule has 0 aliphatic carbocycles. The van der Waals surface area contributed by atoms with E-state index < -0.39 is 12.1 Å². The fraction of sp³-hybridized carbons (Fsp3) is 0.922. The van der Waals surface area contributed by atoms with Crippen LogP contribution in [0.4, 0.5) is 0 Å². The van der Waals surface area contributed by atoms with Crippen LogP contribution in [0.1, 0.15) is 431 Å². The smallest absolute Gasteiger partial charge is 0.305 e. The molecule has 2 unspecified atom stereocenters. The summed E-state index contributed by atoms with van der Waals surface area (Å²) in [4.78, 5) is 24.6. The van der Waals surface area contributed by atoms with Gasteiger partial charge in [-0.3, -0.25) is 9.59 Å². The van der Waals surface area contributed by atoms with Gasteiger partial charge < -0.3 is 20.3 Å². The highest BCUT2D eigenvalue weighted by Gasteiger charge is 2.20. The van der Waals surface area contributed by atoms with E-state index in [1.54, 1.807) is 0 Å². The van der Waals surface area contributed by atoms with E-state index in [2.05, 4.69) is 43.5 Å². The summed E-state index contributed by atoms with van der Waals surface area (Å²) in [5.74, 6) is -0.00680. The second-order valence-corrected chi connectivity index (χ2v) is 26.3. The Kier molecular flexibility index (Phi) is 71.4. The Balaban J connectivity index is 3.33. The quantitative estimate of drug-likeness (QED) is 0.0320. The molecule has 0 aliphatic heterocycles. The molecule has 0 radical (unpaired) electrons. The van der Waals surface area contributed by atoms with E-state index in [1.165, 1.54) is 353 Å². The number of nitrogens with one attached hydrogen (secondary N) is 1. The fourth-order valence-corrected chi connectivity index (χ4v) is 12.2. The molecular formula is C77H149NO5. The monoisotopic (exact) mass is 1170 g/mol. The van der Waals surface area contributed by atoms with E-state index in [4.69, 9.17) is 4.74 Å². The molecule has 83 heavy (non-hydrogen) atoms. The van der Waals surface area contributed by atoms with Gasteiger partial charge >= 0.3 is 5.97 Å². The van der Waals surface area contributed by atoms with Crippen molar-refractivity contribution in [2.45, 2.75) is 443 Å². The van der Waals surface area contributed by atoms with Crippen LogP contribution < -0.4 is 5.32 Å². The predicted molar refractivity (Wildman–Crippen MR) is 366 cm³/mol. The standard InChI is InChI=1S/C77H149NO5/c1-3-5-7-9-11-13-15-17-18-43-47-51-55-59-63-67-71-77(82)83-72-68-64-60-56-52-48-44-41-39-37-35-33-31-29-27-25-23-21-19-20-22-24-26-28-30-32-34-36-38-40-42-46-50-54-58-62-66-70-76(81)78-74(73-79)75(80)69-65-61-57-53-49-45-16-14-12-10-8-6-4-2/h19,21,25,27,74-75,79-80H,3-18,20,22-24,26,28-73H2,1-2H3,(H,78,81)/b21-19-,27-25-. The first-order valence-corrected chi connectivity index (χ1v) is 38.1. The zero-order valence-electron chi connectivity index (χ0n) is 56.5. The molecule has 3 N–H and O–H groups in total. The second-order valence-electron chi connectivity index (χ2n) is 26.3. The number of unbranched alkanes of at least 4 members (excludes halogenated alkanes) is 57. The number of hydrogen-bond acceptors (Lipinski definition) is 5. The Morgan fingerprint density at radius 2 is 0.602 bits per heavy atom. The Labute approximate surface area is 520 Å². The van der Waals surface area contributed by atoms with Crippen molar-refractivity contribution >= 4 is 11.9 Å². The molecule has 0 aliphatic rings. The van der Waals surface area contributed by atoms with E-state index in [9.17, 15) is 19.8 Å². The zero-order chi connectivity index (χ0) is 59.9. The normalized spacial score (nSPS) is 12.6. The number of esters is 1. The van der Waals surface area contributed by atoms with Gasteiger partial charge in [0.2, 0.25) is 5.91 Å². The third-order valence-corrected chi connectivity index (χ3v) is 18.0. The van der Waals surface area contributed by atoms with Crippen LogP contribution in [0.25, 0.3) is 0 Å². The van der Waals surface area contributed by atoms with Crippen molar-refractivity contribution in [1.29, 1.82) is 0 Å². The number of hydrogen-bond donors (Lipinski definition) is 3. The highest BCUT2D eigenvalue weighted by atomic mass is 16.5. The molecule has 492 valence electrons. The fourth-order valence-electron chi connectivity index (χ4n) is 12.2. The number of allylic oxidation sites excluding steroid dienone is 4. The van der Waals surface area contributed by atoms with Crippen LogP contribution in [0, 0.1) is 0 Å². The maximum absolute atomic E-state index is 12.5. The average molecular weight is 1170 g/mol. The van der Waals surface area contributed by atoms with Gasteiger partial charge in [-0.25, -0.2) is 0 Å². The summed E-state index contributed by atoms with van der Waals surface area (Å²) in [6.07, 6.45) is 92.7. The number of carbonyl (C=O) groups excluding carboxylic acids is 2. The first-order valence-electron chi connectivity index (χ1n) is 38.1.